The van der Waals surface area contributed by atoms with Crippen molar-refractivity contribution in [2.45, 2.75) is 25.8 Å². The number of nitrogens with zero attached hydrogens (tertiary/aromatic N) is 1. The van der Waals surface area contributed by atoms with E-state index in [-0.39, 0.29) is 29.4 Å². The van der Waals surface area contributed by atoms with Crippen molar-refractivity contribution in [3.63, 3.8) is 0 Å². The van der Waals surface area contributed by atoms with Crippen LogP contribution >= 0.6 is 24.0 Å². The van der Waals surface area contributed by atoms with Crippen molar-refractivity contribution < 1.29 is 9.18 Å². The highest BCUT2D eigenvalue weighted by Crippen LogP contribution is 2.22. The van der Waals surface area contributed by atoms with Crippen molar-refractivity contribution in [2.75, 3.05) is 13.1 Å². The van der Waals surface area contributed by atoms with E-state index < -0.39 is 5.82 Å². The van der Waals surface area contributed by atoms with E-state index in [0.29, 0.717) is 24.6 Å². The fourth-order valence-corrected chi connectivity index (χ4v) is 2.55. The van der Waals surface area contributed by atoms with Gasteiger partial charge in [0.25, 0.3) is 5.91 Å². The number of rotatable bonds is 2. The van der Waals surface area contributed by atoms with Crippen LogP contribution in [-0.4, -0.2) is 29.9 Å². The second-order valence-corrected chi connectivity index (χ2v) is 5.55. The molecule has 1 aromatic rings. The van der Waals surface area contributed by atoms with E-state index in [1.54, 1.807) is 11.0 Å². The molecule has 2 atom stereocenters. The summed E-state index contributed by atoms with van der Waals surface area (Å²) in [7, 11) is 0. The first kappa shape index (κ1) is 17.2. The molecule has 0 saturated carbocycles. The molecule has 1 amide bonds. The number of hydrogen-bond acceptors (Lipinski definition) is 2. The number of carbonyl (C=O) groups excluding carboxylic acids is 1. The van der Waals surface area contributed by atoms with Gasteiger partial charge in [-0.3, -0.25) is 4.79 Å². The van der Waals surface area contributed by atoms with Crippen molar-refractivity contribution in [3.05, 3.63) is 34.6 Å². The standard InChI is InChI=1S/C14H18ClFN2O.ClH/c1-9(17)11-3-2-6-18(8-11)14(19)10-4-5-12(15)13(16)7-10;/h4-5,7,9,11H,2-3,6,8,17H2,1H3;1H. The zero-order valence-corrected chi connectivity index (χ0v) is 12.9. The minimum atomic E-state index is -0.562. The fraction of sp³-hybridized carbons (Fsp3) is 0.500. The van der Waals surface area contributed by atoms with Crippen molar-refractivity contribution >= 4 is 29.9 Å². The van der Waals surface area contributed by atoms with Gasteiger partial charge in [0.2, 0.25) is 0 Å². The lowest BCUT2D eigenvalue weighted by molar-refractivity contribution is 0.0660. The maximum absolute atomic E-state index is 13.4. The molecule has 2 rings (SSSR count). The highest BCUT2D eigenvalue weighted by atomic mass is 35.5. The number of hydrogen-bond donors (Lipinski definition) is 1. The van der Waals surface area contributed by atoms with E-state index >= 15 is 0 Å². The van der Waals surface area contributed by atoms with Gasteiger partial charge in [0, 0.05) is 24.7 Å². The van der Waals surface area contributed by atoms with Crippen LogP contribution < -0.4 is 5.73 Å². The number of carbonyl (C=O) groups is 1. The average molecular weight is 321 g/mol. The molecule has 1 fully saturated rings. The molecule has 1 aromatic carbocycles. The third-order valence-electron chi connectivity index (χ3n) is 3.66. The zero-order valence-electron chi connectivity index (χ0n) is 11.3. The fourth-order valence-electron chi connectivity index (χ4n) is 2.44. The van der Waals surface area contributed by atoms with Gasteiger partial charge in [-0.1, -0.05) is 11.6 Å². The average Bonchev–Trinajstić information content (AvgIpc) is 2.41. The van der Waals surface area contributed by atoms with E-state index in [2.05, 4.69) is 0 Å². The Bertz CT molecular complexity index is 482. The second kappa shape index (κ2) is 7.25. The summed E-state index contributed by atoms with van der Waals surface area (Å²) in [6.07, 6.45) is 1.98. The van der Waals surface area contributed by atoms with Gasteiger partial charge in [0.05, 0.1) is 5.02 Å². The normalized spacial score (nSPS) is 20.2. The minimum absolute atomic E-state index is 0. The van der Waals surface area contributed by atoms with Crippen LogP contribution in [0.2, 0.25) is 5.02 Å². The quantitative estimate of drug-likeness (QED) is 0.910. The Kier molecular flexibility index (Phi) is 6.24. The summed E-state index contributed by atoms with van der Waals surface area (Å²) in [5.74, 6) is -0.399. The summed E-state index contributed by atoms with van der Waals surface area (Å²) >= 11 is 5.62. The monoisotopic (exact) mass is 320 g/mol. The van der Waals surface area contributed by atoms with Gasteiger partial charge in [-0.05, 0) is 43.9 Å². The summed E-state index contributed by atoms with van der Waals surface area (Å²) in [5, 5.41) is 0.0312. The maximum atomic E-state index is 13.4. The molecule has 3 nitrogen and oxygen atoms in total. The number of halogens is 3. The molecule has 0 spiro atoms. The molecule has 112 valence electrons. The molecule has 0 bridgehead atoms. The molecular weight excluding hydrogens is 302 g/mol. The Morgan fingerprint density at radius 3 is 2.85 bits per heavy atom. The summed E-state index contributed by atoms with van der Waals surface area (Å²) in [6, 6.07) is 4.23. The van der Waals surface area contributed by atoms with Crippen LogP contribution in [0.3, 0.4) is 0 Å². The molecule has 1 aliphatic heterocycles. The molecule has 1 saturated heterocycles. The van der Waals surface area contributed by atoms with E-state index in [0.717, 1.165) is 12.8 Å². The van der Waals surface area contributed by atoms with Crippen LogP contribution in [0, 0.1) is 11.7 Å². The lowest BCUT2D eigenvalue weighted by atomic mass is 9.92. The summed E-state index contributed by atoms with van der Waals surface area (Å²) < 4.78 is 13.4. The predicted molar refractivity (Wildman–Crippen MR) is 80.9 cm³/mol. The van der Waals surface area contributed by atoms with Gasteiger partial charge in [0.1, 0.15) is 5.82 Å². The molecule has 0 radical (unpaired) electrons. The van der Waals surface area contributed by atoms with Gasteiger partial charge in [-0.15, -0.1) is 12.4 Å². The molecule has 20 heavy (non-hydrogen) atoms. The van der Waals surface area contributed by atoms with E-state index in [9.17, 15) is 9.18 Å². The van der Waals surface area contributed by atoms with Crippen LogP contribution in [0.5, 0.6) is 0 Å². The first-order chi connectivity index (χ1) is 8.99. The Hall–Kier alpha value is -0.840. The molecule has 1 aliphatic rings. The first-order valence-corrected chi connectivity index (χ1v) is 6.86. The highest BCUT2D eigenvalue weighted by molar-refractivity contribution is 6.30. The first-order valence-electron chi connectivity index (χ1n) is 6.49. The number of amides is 1. The number of piperidine rings is 1. The Labute approximate surface area is 129 Å². The maximum Gasteiger partial charge on any atom is 0.253 e. The number of nitrogens with two attached hydrogens (primary N) is 1. The Morgan fingerprint density at radius 2 is 2.25 bits per heavy atom. The number of benzene rings is 1. The Balaban J connectivity index is 0.00000200. The summed E-state index contributed by atoms with van der Waals surface area (Å²) in [4.78, 5) is 14.1. The third kappa shape index (κ3) is 3.84. The molecule has 0 aliphatic carbocycles. The van der Waals surface area contributed by atoms with Crippen molar-refractivity contribution in [2.24, 2.45) is 11.7 Å². The van der Waals surface area contributed by atoms with Crippen molar-refractivity contribution in [3.8, 4) is 0 Å². The van der Waals surface area contributed by atoms with Crippen LogP contribution in [0.15, 0.2) is 18.2 Å². The zero-order chi connectivity index (χ0) is 14.0. The van der Waals surface area contributed by atoms with Crippen LogP contribution in [-0.2, 0) is 0 Å². The van der Waals surface area contributed by atoms with Gasteiger partial charge in [-0.25, -0.2) is 4.39 Å². The van der Waals surface area contributed by atoms with Crippen molar-refractivity contribution in [1.29, 1.82) is 0 Å². The molecule has 2 N–H and O–H groups in total. The van der Waals surface area contributed by atoms with Gasteiger partial charge in [-0.2, -0.15) is 0 Å². The SMILES string of the molecule is CC(N)C1CCCN(C(=O)c2ccc(Cl)c(F)c2)C1.Cl. The smallest absolute Gasteiger partial charge is 0.253 e. The lowest BCUT2D eigenvalue weighted by Gasteiger charge is -2.34. The topological polar surface area (TPSA) is 46.3 Å². The molecule has 6 heteroatoms. The molecule has 0 aromatic heterocycles. The van der Waals surface area contributed by atoms with Crippen LogP contribution in [0.4, 0.5) is 4.39 Å². The summed E-state index contributed by atoms with van der Waals surface area (Å²) in [6.45, 7) is 3.30. The van der Waals surface area contributed by atoms with E-state index in [1.165, 1.54) is 12.1 Å². The lowest BCUT2D eigenvalue weighted by Crippen LogP contribution is -2.45. The van der Waals surface area contributed by atoms with E-state index in [1.807, 2.05) is 6.92 Å². The van der Waals surface area contributed by atoms with Gasteiger partial charge >= 0.3 is 0 Å². The Morgan fingerprint density at radius 1 is 1.55 bits per heavy atom. The molecule has 1 heterocycles. The van der Waals surface area contributed by atoms with Crippen molar-refractivity contribution in [1.82, 2.24) is 4.90 Å². The van der Waals surface area contributed by atoms with E-state index in [4.69, 9.17) is 17.3 Å². The third-order valence-corrected chi connectivity index (χ3v) is 3.96. The van der Waals surface area contributed by atoms with Gasteiger partial charge in [0.15, 0.2) is 0 Å². The predicted octanol–water partition coefficient (Wildman–Crippen LogP) is 3.10. The summed E-state index contributed by atoms with van der Waals surface area (Å²) in [5.41, 5.74) is 6.24. The second-order valence-electron chi connectivity index (χ2n) is 5.14. The van der Waals surface area contributed by atoms with Gasteiger partial charge < -0.3 is 10.6 Å². The van der Waals surface area contributed by atoms with Crippen LogP contribution in [0.1, 0.15) is 30.1 Å². The molecule has 2 unspecified atom stereocenters. The largest absolute Gasteiger partial charge is 0.338 e. The number of likely N-dealkylation sites (tertiary alicyclic amines) is 1. The van der Waals surface area contributed by atoms with Crippen LogP contribution in [0.25, 0.3) is 0 Å². The minimum Gasteiger partial charge on any atom is -0.338 e. The molecular formula is C14H19Cl2FN2O. The highest BCUT2D eigenvalue weighted by Gasteiger charge is 2.26.